The van der Waals surface area contributed by atoms with E-state index in [-0.39, 0.29) is 0 Å². The minimum Gasteiger partial charge on any atom is -0.381 e. The van der Waals surface area contributed by atoms with Crippen molar-refractivity contribution in [1.82, 2.24) is 9.97 Å². The highest BCUT2D eigenvalue weighted by atomic mass is 35.5. The molecule has 0 aromatic carbocycles. The largest absolute Gasteiger partial charge is 0.381 e. The van der Waals surface area contributed by atoms with Crippen LogP contribution in [0.5, 0.6) is 0 Å². The first-order valence-electron chi connectivity index (χ1n) is 4.53. The molecule has 0 atom stereocenters. The highest BCUT2D eigenvalue weighted by molar-refractivity contribution is 6.33. The molecule has 1 aliphatic heterocycles. The summed E-state index contributed by atoms with van der Waals surface area (Å²) >= 11 is 11.6. The van der Waals surface area contributed by atoms with Crippen LogP contribution >= 0.6 is 23.2 Å². The summed E-state index contributed by atoms with van der Waals surface area (Å²) in [5.74, 6) is 1.07. The minimum absolute atomic E-state index is 0.333. The van der Waals surface area contributed by atoms with Crippen molar-refractivity contribution in [1.29, 1.82) is 0 Å². The Balaban J connectivity index is 2.21. The lowest BCUT2D eigenvalue weighted by Crippen LogP contribution is -2.16. The first-order chi connectivity index (χ1) is 6.75. The van der Waals surface area contributed by atoms with Gasteiger partial charge in [0.1, 0.15) is 16.1 Å². The van der Waals surface area contributed by atoms with Crippen molar-refractivity contribution in [2.45, 2.75) is 18.8 Å². The molecule has 0 radical (unpaired) electrons. The summed E-state index contributed by atoms with van der Waals surface area (Å²) in [6.07, 6.45) is 1.88. The van der Waals surface area contributed by atoms with Crippen molar-refractivity contribution < 1.29 is 4.74 Å². The Morgan fingerprint density at radius 1 is 1.14 bits per heavy atom. The van der Waals surface area contributed by atoms with Crippen LogP contribution in [0.2, 0.25) is 10.3 Å². The molecule has 5 heteroatoms. The number of hydrogen-bond acceptors (Lipinski definition) is 3. The lowest BCUT2D eigenvalue weighted by molar-refractivity contribution is 0.0836. The highest BCUT2D eigenvalue weighted by Crippen LogP contribution is 2.26. The third-order valence-corrected chi connectivity index (χ3v) is 2.65. The predicted molar refractivity (Wildman–Crippen MR) is 54.8 cm³/mol. The Bertz CT molecular complexity index is 306. The van der Waals surface area contributed by atoms with Gasteiger partial charge in [0, 0.05) is 25.2 Å². The molecule has 0 spiro atoms. The monoisotopic (exact) mass is 232 g/mol. The molecule has 1 saturated heterocycles. The molecule has 2 heterocycles. The Kier molecular flexibility index (Phi) is 3.21. The van der Waals surface area contributed by atoms with Crippen molar-refractivity contribution in [3.05, 3.63) is 22.2 Å². The van der Waals surface area contributed by atoms with Crippen molar-refractivity contribution in [3.63, 3.8) is 0 Å². The van der Waals surface area contributed by atoms with Gasteiger partial charge >= 0.3 is 0 Å². The molecule has 0 unspecified atom stereocenters. The van der Waals surface area contributed by atoms with Crippen LogP contribution in [0.3, 0.4) is 0 Å². The summed E-state index contributed by atoms with van der Waals surface area (Å²) in [7, 11) is 0. The second-order valence-electron chi connectivity index (χ2n) is 3.26. The quantitative estimate of drug-likeness (QED) is 0.699. The molecule has 1 aromatic rings. The van der Waals surface area contributed by atoms with Gasteiger partial charge in [0.15, 0.2) is 0 Å². The second kappa shape index (κ2) is 4.43. The van der Waals surface area contributed by atoms with Crippen LogP contribution in [0.25, 0.3) is 0 Å². The number of hydrogen-bond donors (Lipinski definition) is 0. The van der Waals surface area contributed by atoms with Crippen LogP contribution in [0, 0.1) is 0 Å². The van der Waals surface area contributed by atoms with E-state index in [1.807, 2.05) is 0 Å². The SMILES string of the molecule is Clc1cc(Cl)nc(C2CCOCC2)n1. The van der Waals surface area contributed by atoms with Crippen molar-refractivity contribution in [2.24, 2.45) is 0 Å². The van der Waals surface area contributed by atoms with E-state index in [4.69, 9.17) is 27.9 Å². The molecule has 14 heavy (non-hydrogen) atoms. The maximum Gasteiger partial charge on any atom is 0.135 e. The minimum atomic E-state index is 0.333. The van der Waals surface area contributed by atoms with E-state index in [9.17, 15) is 0 Å². The summed E-state index contributed by atoms with van der Waals surface area (Å²) in [5.41, 5.74) is 0. The molecule has 0 N–H and O–H groups in total. The Hall–Kier alpha value is -0.380. The van der Waals surface area contributed by atoms with Crippen LogP contribution in [0.4, 0.5) is 0 Å². The molecule has 1 aromatic heterocycles. The molecular weight excluding hydrogens is 223 g/mol. The van der Waals surface area contributed by atoms with Crippen LogP contribution < -0.4 is 0 Å². The zero-order chi connectivity index (χ0) is 9.97. The van der Waals surface area contributed by atoms with E-state index in [2.05, 4.69) is 9.97 Å². The van der Waals surface area contributed by atoms with Crippen molar-refractivity contribution >= 4 is 23.2 Å². The Morgan fingerprint density at radius 2 is 1.71 bits per heavy atom. The molecule has 3 nitrogen and oxygen atoms in total. The van der Waals surface area contributed by atoms with Gasteiger partial charge in [-0.05, 0) is 12.8 Å². The Labute approximate surface area is 92.4 Å². The fourth-order valence-corrected chi connectivity index (χ4v) is 1.98. The van der Waals surface area contributed by atoms with E-state index in [1.165, 1.54) is 0 Å². The van der Waals surface area contributed by atoms with Gasteiger partial charge in [0.25, 0.3) is 0 Å². The highest BCUT2D eigenvalue weighted by Gasteiger charge is 2.19. The normalized spacial score (nSPS) is 18.4. The maximum absolute atomic E-state index is 5.80. The second-order valence-corrected chi connectivity index (χ2v) is 4.03. The van der Waals surface area contributed by atoms with Gasteiger partial charge in [-0.3, -0.25) is 0 Å². The van der Waals surface area contributed by atoms with E-state index in [0.29, 0.717) is 16.2 Å². The standard InChI is InChI=1S/C9H10Cl2N2O/c10-7-5-8(11)13-9(12-7)6-1-3-14-4-2-6/h5-6H,1-4H2. The third kappa shape index (κ3) is 2.35. The molecule has 1 aliphatic rings. The molecule has 0 aliphatic carbocycles. The summed E-state index contributed by atoms with van der Waals surface area (Å²) in [4.78, 5) is 8.34. The number of nitrogens with zero attached hydrogens (tertiary/aromatic N) is 2. The van der Waals surface area contributed by atoms with Crippen molar-refractivity contribution in [2.75, 3.05) is 13.2 Å². The fraction of sp³-hybridized carbons (Fsp3) is 0.556. The Morgan fingerprint density at radius 3 is 2.29 bits per heavy atom. The summed E-state index contributed by atoms with van der Waals surface area (Å²) < 4.78 is 5.26. The van der Waals surface area contributed by atoms with Crippen LogP contribution in [0.15, 0.2) is 6.07 Å². The average Bonchev–Trinajstić information content (AvgIpc) is 2.18. The van der Waals surface area contributed by atoms with E-state index >= 15 is 0 Å². The lowest BCUT2D eigenvalue weighted by Gasteiger charge is -2.20. The summed E-state index contributed by atoms with van der Waals surface area (Å²) in [5, 5.41) is 0.818. The zero-order valence-electron chi connectivity index (χ0n) is 7.54. The number of aromatic nitrogens is 2. The van der Waals surface area contributed by atoms with E-state index in [1.54, 1.807) is 6.07 Å². The van der Waals surface area contributed by atoms with Gasteiger partial charge in [0.2, 0.25) is 0 Å². The number of halogens is 2. The smallest absolute Gasteiger partial charge is 0.135 e. The zero-order valence-corrected chi connectivity index (χ0v) is 9.05. The van der Waals surface area contributed by atoms with Crippen LogP contribution in [-0.4, -0.2) is 23.2 Å². The summed E-state index contributed by atoms with van der Waals surface area (Å²) in [6, 6.07) is 1.55. The average molecular weight is 233 g/mol. The maximum atomic E-state index is 5.80. The van der Waals surface area contributed by atoms with Gasteiger partial charge in [-0.1, -0.05) is 23.2 Å². The van der Waals surface area contributed by atoms with E-state index < -0.39 is 0 Å². The molecule has 76 valence electrons. The third-order valence-electron chi connectivity index (χ3n) is 2.27. The van der Waals surface area contributed by atoms with E-state index in [0.717, 1.165) is 31.9 Å². The number of rotatable bonds is 1. The summed E-state index contributed by atoms with van der Waals surface area (Å²) in [6.45, 7) is 1.52. The van der Waals surface area contributed by atoms with Crippen molar-refractivity contribution in [3.8, 4) is 0 Å². The fourth-order valence-electron chi connectivity index (χ4n) is 1.55. The number of ether oxygens (including phenoxy) is 1. The van der Waals surface area contributed by atoms with Crippen LogP contribution in [0.1, 0.15) is 24.6 Å². The molecule has 0 amide bonds. The van der Waals surface area contributed by atoms with Gasteiger partial charge in [0.05, 0.1) is 0 Å². The lowest BCUT2D eigenvalue weighted by atomic mass is 10.00. The first kappa shape index (κ1) is 10.1. The molecule has 0 saturated carbocycles. The van der Waals surface area contributed by atoms with Crippen LogP contribution in [-0.2, 0) is 4.74 Å². The molecule has 0 bridgehead atoms. The molecule has 1 fully saturated rings. The van der Waals surface area contributed by atoms with Gasteiger partial charge in [-0.15, -0.1) is 0 Å². The molecule has 2 rings (SSSR count). The van der Waals surface area contributed by atoms with Gasteiger partial charge in [-0.25, -0.2) is 9.97 Å². The first-order valence-corrected chi connectivity index (χ1v) is 5.29. The van der Waals surface area contributed by atoms with Gasteiger partial charge in [-0.2, -0.15) is 0 Å². The predicted octanol–water partition coefficient (Wildman–Crippen LogP) is 2.68. The topological polar surface area (TPSA) is 35.0 Å². The molecular formula is C9H10Cl2N2O. The van der Waals surface area contributed by atoms with Gasteiger partial charge < -0.3 is 4.74 Å².